The van der Waals surface area contributed by atoms with Gasteiger partial charge in [-0.1, -0.05) is 158 Å². The molecule has 0 aliphatic carbocycles. The first-order valence-corrected chi connectivity index (χ1v) is 17.7. The van der Waals surface area contributed by atoms with Gasteiger partial charge in [0, 0.05) is 16.5 Å². The molecule has 0 unspecified atom stereocenters. The highest BCUT2D eigenvalue weighted by Gasteiger charge is 2.22. The molecule has 236 valence electrons. The molecule has 0 spiro atoms. The Morgan fingerprint density at radius 3 is 1.20 bits per heavy atom. The van der Waals surface area contributed by atoms with Gasteiger partial charge in [0.15, 0.2) is 0 Å². The predicted molar refractivity (Wildman–Crippen MR) is 219 cm³/mol. The van der Waals surface area contributed by atoms with E-state index in [0.717, 1.165) is 5.69 Å². The highest BCUT2D eigenvalue weighted by Crippen LogP contribution is 2.48. The van der Waals surface area contributed by atoms with Gasteiger partial charge in [-0.05, 0) is 106 Å². The van der Waals surface area contributed by atoms with Crippen molar-refractivity contribution in [1.29, 1.82) is 0 Å². The van der Waals surface area contributed by atoms with Crippen LogP contribution in [-0.4, -0.2) is 0 Å². The van der Waals surface area contributed by atoms with Gasteiger partial charge in [0.1, 0.15) is 0 Å². The maximum absolute atomic E-state index is 2.50. The van der Waals surface area contributed by atoms with Crippen LogP contribution in [0.15, 0.2) is 188 Å². The van der Waals surface area contributed by atoms with E-state index in [-0.39, 0.29) is 0 Å². The molecule has 0 saturated heterocycles. The van der Waals surface area contributed by atoms with Crippen LogP contribution in [0.25, 0.3) is 86.9 Å². The largest absolute Gasteiger partial charge is 0.309 e. The van der Waals surface area contributed by atoms with Crippen molar-refractivity contribution in [3.63, 3.8) is 0 Å². The molecular formula is C50H31N. The number of anilines is 3. The minimum atomic E-state index is 1.13. The topological polar surface area (TPSA) is 3.24 Å². The zero-order valence-corrected chi connectivity index (χ0v) is 27.8. The molecule has 0 aromatic heterocycles. The third-order valence-corrected chi connectivity index (χ3v) is 10.9. The molecule has 11 aromatic rings. The summed E-state index contributed by atoms with van der Waals surface area (Å²) in [7, 11) is 0. The molecule has 0 amide bonds. The fraction of sp³-hybridized carbons (Fsp3) is 0. The van der Waals surface area contributed by atoms with E-state index < -0.39 is 0 Å². The zero-order chi connectivity index (χ0) is 33.5. The standard InChI is InChI=1S/C50H31N/c1-2-8-32(9-3-1)39-14-6-15-40(30-39)41-16-7-17-42(31-41)51(45-28-24-37-20-18-33-10-4-12-35-22-26-43(45)49(37)47(33)35)46-29-25-38-21-19-34-11-5-13-36-23-27-44(46)50(38)48(34)36/h1-31H. The fourth-order valence-electron chi connectivity index (χ4n) is 8.57. The minimum Gasteiger partial charge on any atom is -0.309 e. The number of benzene rings is 11. The first-order valence-electron chi connectivity index (χ1n) is 17.7. The number of hydrogen-bond acceptors (Lipinski definition) is 1. The molecular weight excluding hydrogens is 615 g/mol. The lowest BCUT2D eigenvalue weighted by atomic mass is 9.91. The summed E-state index contributed by atoms with van der Waals surface area (Å²) >= 11 is 0. The molecule has 0 bridgehead atoms. The van der Waals surface area contributed by atoms with Crippen molar-refractivity contribution in [3.05, 3.63) is 188 Å². The van der Waals surface area contributed by atoms with Crippen molar-refractivity contribution in [2.45, 2.75) is 0 Å². The Bertz CT molecular complexity index is 2900. The monoisotopic (exact) mass is 645 g/mol. The summed E-state index contributed by atoms with van der Waals surface area (Å²) in [6, 6.07) is 69.4. The van der Waals surface area contributed by atoms with Gasteiger partial charge in [-0.2, -0.15) is 0 Å². The lowest BCUT2D eigenvalue weighted by molar-refractivity contribution is 1.32. The number of nitrogens with zero attached hydrogens (tertiary/aromatic N) is 1. The smallest absolute Gasteiger partial charge is 0.0540 e. The molecule has 0 aliphatic rings. The molecule has 11 rings (SSSR count). The quantitative estimate of drug-likeness (QED) is 0.168. The highest BCUT2D eigenvalue weighted by atomic mass is 15.1. The third-order valence-electron chi connectivity index (χ3n) is 10.9. The van der Waals surface area contributed by atoms with Gasteiger partial charge in [-0.3, -0.25) is 0 Å². The van der Waals surface area contributed by atoms with Crippen molar-refractivity contribution in [1.82, 2.24) is 0 Å². The van der Waals surface area contributed by atoms with E-state index in [4.69, 9.17) is 0 Å². The van der Waals surface area contributed by atoms with Gasteiger partial charge in [0.05, 0.1) is 11.4 Å². The Morgan fingerprint density at radius 1 is 0.255 bits per heavy atom. The molecule has 1 heteroatoms. The van der Waals surface area contributed by atoms with Crippen LogP contribution in [0.2, 0.25) is 0 Å². The summed E-state index contributed by atoms with van der Waals surface area (Å²) in [4.78, 5) is 2.50. The van der Waals surface area contributed by atoms with E-state index in [2.05, 4.69) is 193 Å². The number of hydrogen-bond donors (Lipinski definition) is 0. The van der Waals surface area contributed by atoms with Gasteiger partial charge < -0.3 is 4.90 Å². The second kappa shape index (κ2) is 10.9. The van der Waals surface area contributed by atoms with Crippen LogP contribution in [0, 0.1) is 0 Å². The lowest BCUT2D eigenvalue weighted by Gasteiger charge is -2.30. The van der Waals surface area contributed by atoms with Crippen molar-refractivity contribution in [3.8, 4) is 22.3 Å². The molecule has 0 fully saturated rings. The second-order valence-corrected chi connectivity index (χ2v) is 13.7. The Hall–Kier alpha value is -6.70. The molecule has 0 aliphatic heterocycles. The van der Waals surface area contributed by atoms with Gasteiger partial charge in [0.25, 0.3) is 0 Å². The maximum Gasteiger partial charge on any atom is 0.0540 e. The molecule has 51 heavy (non-hydrogen) atoms. The van der Waals surface area contributed by atoms with Crippen LogP contribution in [0.3, 0.4) is 0 Å². The average molecular weight is 646 g/mol. The second-order valence-electron chi connectivity index (χ2n) is 13.7. The van der Waals surface area contributed by atoms with Gasteiger partial charge in [-0.15, -0.1) is 0 Å². The van der Waals surface area contributed by atoms with E-state index in [9.17, 15) is 0 Å². The summed E-state index contributed by atoms with van der Waals surface area (Å²) in [5.74, 6) is 0. The molecule has 1 nitrogen and oxygen atoms in total. The Labute approximate surface area is 295 Å². The average Bonchev–Trinajstić information content (AvgIpc) is 3.20. The summed E-state index contributed by atoms with van der Waals surface area (Å²) in [6.45, 7) is 0. The fourth-order valence-corrected chi connectivity index (χ4v) is 8.57. The van der Waals surface area contributed by atoms with Crippen molar-refractivity contribution >= 4 is 81.7 Å². The minimum absolute atomic E-state index is 1.13. The van der Waals surface area contributed by atoms with Crippen LogP contribution >= 0.6 is 0 Å². The van der Waals surface area contributed by atoms with E-state index in [1.807, 2.05) is 0 Å². The van der Waals surface area contributed by atoms with E-state index >= 15 is 0 Å². The SMILES string of the molecule is c1ccc(-c2cccc(-c3cccc(N(c4ccc5ccc6cccc7ccc4c5c67)c4ccc5ccc6cccc7ccc4c5c67)c3)c2)cc1. The van der Waals surface area contributed by atoms with Crippen LogP contribution < -0.4 is 4.90 Å². The Balaban J connectivity index is 1.20. The summed E-state index contributed by atoms with van der Waals surface area (Å²) in [5, 5.41) is 15.4. The van der Waals surface area contributed by atoms with Gasteiger partial charge in [0.2, 0.25) is 0 Å². The maximum atomic E-state index is 2.50. The van der Waals surface area contributed by atoms with Crippen LogP contribution in [-0.2, 0) is 0 Å². The number of rotatable bonds is 5. The van der Waals surface area contributed by atoms with Crippen LogP contribution in [0.4, 0.5) is 17.1 Å². The van der Waals surface area contributed by atoms with Gasteiger partial charge in [-0.25, -0.2) is 0 Å². The summed E-state index contributed by atoms with van der Waals surface area (Å²) in [6.07, 6.45) is 0. The van der Waals surface area contributed by atoms with Crippen LogP contribution in [0.1, 0.15) is 0 Å². The molecule has 0 saturated carbocycles. The van der Waals surface area contributed by atoms with Crippen molar-refractivity contribution in [2.75, 3.05) is 4.90 Å². The molecule has 0 heterocycles. The van der Waals surface area contributed by atoms with E-state index in [1.54, 1.807) is 0 Å². The zero-order valence-electron chi connectivity index (χ0n) is 27.8. The predicted octanol–water partition coefficient (Wildman–Crippen LogP) is 14.3. The third kappa shape index (κ3) is 4.28. The first kappa shape index (κ1) is 28.2. The van der Waals surface area contributed by atoms with E-state index in [1.165, 1.54) is 98.3 Å². The van der Waals surface area contributed by atoms with Gasteiger partial charge >= 0.3 is 0 Å². The van der Waals surface area contributed by atoms with Crippen molar-refractivity contribution < 1.29 is 0 Å². The normalized spacial score (nSPS) is 11.9. The van der Waals surface area contributed by atoms with E-state index in [0.29, 0.717) is 0 Å². The Kier molecular flexibility index (Phi) is 6.02. The molecule has 0 radical (unpaired) electrons. The molecule has 11 aromatic carbocycles. The summed E-state index contributed by atoms with van der Waals surface area (Å²) < 4.78 is 0. The van der Waals surface area contributed by atoms with Crippen LogP contribution in [0.5, 0.6) is 0 Å². The summed E-state index contributed by atoms with van der Waals surface area (Å²) in [5.41, 5.74) is 8.29. The lowest BCUT2D eigenvalue weighted by Crippen LogP contribution is -2.11. The first-order chi connectivity index (χ1) is 25.3. The highest BCUT2D eigenvalue weighted by molar-refractivity contribution is 6.28. The molecule has 0 N–H and O–H groups in total. The van der Waals surface area contributed by atoms with Crippen molar-refractivity contribution in [2.24, 2.45) is 0 Å². The Morgan fingerprint density at radius 2 is 0.647 bits per heavy atom. The molecule has 0 atom stereocenters.